The van der Waals surface area contributed by atoms with Crippen molar-refractivity contribution in [3.05, 3.63) is 50.7 Å². The molecule has 1 N–H and O–H groups in total. The van der Waals surface area contributed by atoms with Crippen molar-refractivity contribution in [3.8, 4) is 0 Å². The molecule has 1 aliphatic rings. The van der Waals surface area contributed by atoms with Gasteiger partial charge in [0.1, 0.15) is 5.03 Å². The molecule has 2 rings (SSSR count). The predicted molar refractivity (Wildman–Crippen MR) is 84.7 cm³/mol. The summed E-state index contributed by atoms with van der Waals surface area (Å²) in [7, 11) is 0. The zero-order valence-corrected chi connectivity index (χ0v) is 13.1. The maximum Gasteiger partial charge on any atom is 0.264 e. The van der Waals surface area contributed by atoms with Gasteiger partial charge in [0, 0.05) is 5.69 Å². The van der Waals surface area contributed by atoms with Crippen molar-refractivity contribution in [3.63, 3.8) is 0 Å². The number of hydrogen-bond acceptors (Lipinski definition) is 4. The molecule has 4 nitrogen and oxygen atoms in total. The lowest BCUT2D eigenvalue weighted by atomic mass is 9.86. The van der Waals surface area contributed by atoms with Crippen LogP contribution in [0.15, 0.2) is 29.4 Å². The molecule has 0 heterocycles. The van der Waals surface area contributed by atoms with Gasteiger partial charge in [0.2, 0.25) is 0 Å². The zero-order chi connectivity index (χ0) is 14.9. The molecule has 20 heavy (non-hydrogen) atoms. The highest BCUT2D eigenvalue weighted by molar-refractivity contribution is 8.02. The summed E-state index contributed by atoms with van der Waals surface area (Å²) in [5.74, 6) is 0.461. The van der Waals surface area contributed by atoms with E-state index in [4.69, 9.17) is 0 Å². The van der Waals surface area contributed by atoms with E-state index in [9.17, 15) is 10.1 Å². The van der Waals surface area contributed by atoms with Gasteiger partial charge in [0.25, 0.3) is 6.20 Å². The number of nitrogens with one attached hydrogen (secondary N) is 1. The lowest BCUT2D eigenvalue weighted by Gasteiger charge is -2.19. The number of rotatable bonds is 4. The summed E-state index contributed by atoms with van der Waals surface area (Å²) in [5.41, 5.74) is 3.79. The third-order valence-corrected chi connectivity index (χ3v) is 4.49. The van der Waals surface area contributed by atoms with Gasteiger partial charge in [0.05, 0.1) is 4.92 Å². The highest BCUT2D eigenvalue weighted by Gasteiger charge is 2.36. The average molecular weight is 292 g/mol. The Hall–Kier alpha value is -1.49. The Morgan fingerprint density at radius 3 is 2.85 bits per heavy atom. The van der Waals surface area contributed by atoms with Crippen LogP contribution in [0.1, 0.15) is 44.2 Å². The molecule has 0 aromatic heterocycles. The van der Waals surface area contributed by atoms with E-state index < -0.39 is 4.92 Å². The van der Waals surface area contributed by atoms with Gasteiger partial charge in [0.15, 0.2) is 0 Å². The van der Waals surface area contributed by atoms with E-state index in [-0.39, 0.29) is 5.41 Å². The van der Waals surface area contributed by atoms with Crippen molar-refractivity contribution < 1.29 is 4.92 Å². The quantitative estimate of drug-likeness (QED) is 0.663. The second-order valence-electron chi connectivity index (χ2n) is 5.86. The summed E-state index contributed by atoms with van der Waals surface area (Å²) in [4.78, 5) is 10.2. The number of nitro groups is 1. The molecule has 1 aromatic rings. The van der Waals surface area contributed by atoms with Gasteiger partial charge in [-0.05, 0) is 41.2 Å². The lowest BCUT2D eigenvalue weighted by molar-refractivity contribution is -0.402. The molecule has 0 saturated heterocycles. The SMILES string of the molecule is CS/C(=C/[N+](=O)[O-])Nc1cccc2c1[C@@H](C)CC2(C)C. The second-order valence-corrected chi connectivity index (χ2v) is 6.71. The van der Waals surface area contributed by atoms with Crippen LogP contribution in [-0.4, -0.2) is 11.2 Å². The fourth-order valence-electron chi connectivity index (χ4n) is 3.14. The molecule has 0 aliphatic heterocycles. The summed E-state index contributed by atoms with van der Waals surface area (Å²) >= 11 is 1.35. The third-order valence-electron chi connectivity index (χ3n) is 3.84. The van der Waals surface area contributed by atoms with E-state index in [1.165, 1.54) is 22.9 Å². The van der Waals surface area contributed by atoms with Crippen molar-refractivity contribution in [2.75, 3.05) is 11.6 Å². The number of thioether (sulfide) groups is 1. The summed E-state index contributed by atoms with van der Waals surface area (Å²) < 4.78 is 0. The van der Waals surface area contributed by atoms with E-state index in [0.29, 0.717) is 10.9 Å². The molecule has 1 aliphatic carbocycles. The van der Waals surface area contributed by atoms with Crippen LogP contribution in [-0.2, 0) is 5.41 Å². The Labute approximate surface area is 123 Å². The number of hydrogen-bond donors (Lipinski definition) is 1. The number of benzene rings is 1. The smallest absolute Gasteiger partial charge is 0.264 e. The van der Waals surface area contributed by atoms with Crippen molar-refractivity contribution >= 4 is 17.4 Å². The Balaban J connectivity index is 2.41. The molecule has 1 aromatic carbocycles. The monoisotopic (exact) mass is 292 g/mol. The van der Waals surface area contributed by atoms with Crippen LogP contribution in [0.4, 0.5) is 5.69 Å². The number of nitrogens with zero attached hydrogens (tertiary/aromatic N) is 1. The first-order valence-electron chi connectivity index (χ1n) is 6.65. The molecular weight excluding hydrogens is 272 g/mol. The van der Waals surface area contributed by atoms with E-state index >= 15 is 0 Å². The highest BCUT2D eigenvalue weighted by atomic mass is 32.2. The van der Waals surface area contributed by atoms with Gasteiger partial charge < -0.3 is 5.32 Å². The summed E-state index contributed by atoms with van der Waals surface area (Å²) in [6.07, 6.45) is 3.96. The maximum atomic E-state index is 10.6. The standard InChI is InChI=1S/C15H20N2O2S/c1-10-8-15(2,3)11-6-5-7-12(14(10)11)16-13(20-4)9-17(18)19/h5-7,9-10,16H,8H2,1-4H3/b13-9+/t10-/m0/s1. The molecule has 0 radical (unpaired) electrons. The Morgan fingerprint density at radius 2 is 2.25 bits per heavy atom. The summed E-state index contributed by atoms with van der Waals surface area (Å²) in [6.45, 7) is 6.72. The van der Waals surface area contributed by atoms with Crippen LogP contribution in [0, 0.1) is 10.1 Å². The first-order chi connectivity index (χ1) is 9.35. The highest BCUT2D eigenvalue weighted by Crippen LogP contribution is 2.48. The largest absolute Gasteiger partial charge is 0.345 e. The lowest BCUT2D eigenvalue weighted by Crippen LogP contribution is -2.12. The van der Waals surface area contributed by atoms with Gasteiger partial charge in [-0.3, -0.25) is 10.1 Å². The molecule has 0 amide bonds. The van der Waals surface area contributed by atoms with Gasteiger partial charge in [-0.15, -0.1) is 11.8 Å². The molecule has 5 heteroatoms. The predicted octanol–water partition coefficient (Wildman–Crippen LogP) is 4.32. The molecule has 0 spiro atoms. The molecule has 0 bridgehead atoms. The number of fused-ring (bicyclic) bond motifs is 1. The molecule has 1 atom stereocenters. The van der Waals surface area contributed by atoms with Crippen LogP contribution < -0.4 is 5.32 Å². The maximum absolute atomic E-state index is 10.6. The van der Waals surface area contributed by atoms with E-state index in [1.807, 2.05) is 18.4 Å². The normalized spacial score (nSPS) is 20.6. The second kappa shape index (κ2) is 5.48. The Kier molecular flexibility index (Phi) is 4.09. The summed E-state index contributed by atoms with van der Waals surface area (Å²) in [5, 5.41) is 14.4. The number of anilines is 1. The average Bonchev–Trinajstić information content (AvgIpc) is 2.59. The van der Waals surface area contributed by atoms with Crippen LogP contribution in [0.25, 0.3) is 0 Å². The Bertz CT molecular complexity index is 567. The molecule has 0 unspecified atom stereocenters. The van der Waals surface area contributed by atoms with E-state index in [0.717, 1.165) is 18.3 Å². The van der Waals surface area contributed by atoms with Gasteiger partial charge in [-0.25, -0.2) is 0 Å². The van der Waals surface area contributed by atoms with E-state index in [1.54, 1.807) is 0 Å². The van der Waals surface area contributed by atoms with Gasteiger partial charge >= 0.3 is 0 Å². The first kappa shape index (κ1) is 14.9. The molecule has 0 saturated carbocycles. The first-order valence-corrected chi connectivity index (χ1v) is 7.87. The van der Waals surface area contributed by atoms with Crippen LogP contribution >= 0.6 is 11.8 Å². The molecule has 108 valence electrons. The van der Waals surface area contributed by atoms with Crippen molar-refractivity contribution in [2.45, 2.75) is 38.5 Å². The molecular formula is C15H20N2O2S. The minimum Gasteiger partial charge on any atom is -0.345 e. The van der Waals surface area contributed by atoms with Gasteiger partial charge in [-0.1, -0.05) is 32.9 Å². The third kappa shape index (κ3) is 2.82. The van der Waals surface area contributed by atoms with Crippen molar-refractivity contribution in [1.29, 1.82) is 0 Å². The Morgan fingerprint density at radius 1 is 1.55 bits per heavy atom. The van der Waals surface area contributed by atoms with Gasteiger partial charge in [-0.2, -0.15) is 0 Å². The summed E-state index contributed by atoms with van der Waals surface area (Å²) in [6, 6.07) is 6.19. The van der Waals surface area contributed by atoms with Crippen molar-refractivity contribution in [1.82, 2.24) is 0 Å². The topological polar surface area (TPSA) is 55.2 Å². The van der Waals surface area contributed by atoms with E-state index in [2.05, 4.69) is 32.2 Å². The minimum absolute atomic E-state index is 0.165. The van der Waals surface area contributed by atoms with Crippen LogP contribution in [0.3, 0.4) is 0 Å². The van der Waals surface area contributed by atoms with Crippen LogP contribution in [0.2, 0.25) is 0 Å². The van der Waals surface area contributed by atoms with Crippen LogP contribution in [0.5, 0.6) is 0 Å². The minimum atomic E-state index is -0.421. The van der Waals surface area contributed by atoms with Crippen molar-refractivity contribution in [2.24, 2.45) is 0 Å². The fraction of sp³-hybridized carbons (Fsp3) is 0.467. The zero-order valence-electron chi connectivity index (χ0n) is 12.3. The fourth-order valence-corrected chi connectivity index (χ4v) is 3.54. The molecule has 0 fully saturated rings.